The van der Waals surface area contributed by atoms with Gasteiger partial charge >= 0.3 is 0 Å². The van der Waals surface area contributed by atoms with Crippen molar-refractivity contribution in [2.45, 2.75) is 32.6 Å². The average molecular weight is 204 g/mol. The second-order valence-corrected chi connectivity index (χ2v) is 4.62. The van der Waals surface area contributed by atoms with Crippen LogP contribution in [0.25, 0.3) is 0 Å². The number of hydrogen-bond donors (Lipinski definition) is 2. The summed E-state index contributed by atoms with van der Waals surface area (Å²) in [7, 11) is 0. The summed E-state index contributed by atoms with van der Waals surface area (Å²) in [6, 6.07) is 6.16. The van der Waals surface area contributed by atoms with Crippen molar-refractivity contribution in [1.29, 1.82) is 0 Å². The van der Waals surface area contributed by atoms with E-state index in [1.807, 2.05) is 6.07 Å². The van der Waals surface area contributed by atoms with E-state index in [-0.39, 0.29) is 0 Å². The maximum atomic E-state index is 5.91. The van der Waals surface area contributed by atoms with Gasteiger partial charge in [-0.15, -0.1) is 0 Å². The first kappa shape index (κ1) is 10.3. The third kappa shape index (κ3) is 2.65. The molecule has 1 aliphatic rings. The zero-order valence-electron chi connectivity index (χ0n) is 9.42. The Morgan fingerprint density at radius 3 is 2.80 bits per heavy atom. The maximum absolute atomic E-state index is 5.91. The molecule has 0 amide bonds. The van der Waals surface area contributed by atoms with E-state index in [1.54, 1.807) is 0 Å². The van der Waals surface area contributed by atoms with Crippen LogP contribution in [0.5, 0.6) is 0 Å². The third-order valence-electron chi connectivity index (χ3n) is 3.26. The zero-order chi connectivity index (χ0) is 10.7. The highest BCUT2D eigenvalue weighted by atomic mass is 14.9. The lowest BCUT2D eigenvalue weighted by Gasteiger charge is -2.14. The van der Waals surface area contributed by atoms with Crippen molar-refractivity contribution in [3.8, 4) is 0 Å². The van der Waals surface area contributed by atoms with E-state index in [4.69, 9.17) is 5.73 Å². The fraction of sp³-hybridized carbons (Fsp3) is 0.538. The SMILES string of the molecule is Cc1ccc(N)c(NCC2CCCC2)c1. The molecule has 1 fully saturated rings. The van der Waals surface area contributed by atoms with Crippen LogP contribution in [-0.2, 0) is 0 Å². The zero-order valence-corrected chi connectivity index (χ0v) is 9.42. The molecule has 1 saturated carbocycles. The molecule has 0 aliphatic heterocycles. The summed E-state index contributed by atoms with van der Waals surface area (Å²) in [5.41, 5.74) is 9.13. The predicted octanol–water partition coefficient (Wildman–Crippen LogP) is 3.18. The first-order valence-electron chi connectivity index (χ1n) is 5.86. The molecule has 0 unspecified atom stereocenters. The lowest BCUT2D eigenvalue weighted by Crippen LogP contribution is -2.12. The summed E-state index contributed by atoms with van der Waals surface area (Å²) >= 11 is 0. The van der Waals surface area contributed by atoms with Gasteiger partial charge in [0.05, 0.1) is 11.4 Å². The number of anilines is 2. The van der Waals surface area contributed by atoms with Crippen LogP contribution in [0.4, 0.5) is 11.4 Å². The highest BCUT2D eigenvalue weighted by Crippen LogP contribution is 2.26. The Labute approximate surface area is 91.9 Å². The van der Waals surface area contributed by atoms with Crippen LogP contribution < -0.4 is 11.1 Å². The Hall–Kier alpha value is -1.18. The molecule has 2 rings (SSSR count). The van der Waals surface area contributed by atoms with Crippen LogP contribution in [0.1, 0.15) is 31.2 Å². The fourth-order valence-corrected chi connectivity index (χ4v) is 2.29. The number of nitrogens with two attached hydrogens (primary N) is 1. The van der Waals surface area contributed by atoms with Crippen LogP contribution in [0.2, 0.25) is 0 Å². The molecule has 0 atom stereocenters. The largest absolute Gasteiger partial charge is 0.397 e. The smallest absolute Gasteiger partial charge is 0.0576 e. The maximum Gasteiger partial charge on any atom is 0.0576 e. The first-order chi connectivity index (χ1) is 7.25. The van der Waals surface area contributed by atoms with Gasteiger partial charge in [-0.25, -0.2) is 0 Å². The second kappa shape index (κ2) is 4.56. The van der Waals surface area contributed by atoms with E-state index in [2.05, 4.69) is 24.4 Å². The van der Waals surface area contributed by atoms with Crippen LogP contribution >= 0.6 is 0 Å². The minimum atomic E-state index is 0.852. The van der Waals surface area contributed by atoms with Crippen LogP contribution in [0.3, 0.4) is 0 Å². The van der Waals surface area contributed by atoms with E-state index in [0.29, 0.717) is 0 Å². The molecule has 0 radical (unpaired) electrons. The second-order valence-electron chi connectivity index (χ2n) is 4.62. The van der Waals surface area contributed by atoms with Crippen molar-refractivity contribution < 1.29 is 0 Å². The standard InChI is InChI=1S/C13H20N2/c1-10-6-7-12(14)13(8-10)15-9-11-4-2-3-5-11/h6-8,11,15H,2-5,9,14H2,1H3. The van der Waals surface area contributed by atoms with Crippen LogP contribution in [-0.4, -0.2) is 6.54 Å². The Kier molecular flexibility index (Phi) is 3.14. The Bertz CT molecular complexity index is 327. The predicted molar refractivity (Wildman–Crippen MR) is 66.0 cm³/mol. The number of aryl methyl sites for hydroxylation is 1. The van der Waals surface area contributed by atoms with E-state index < -0.39 is 0 Å². The molecule has 0 aromatic heterocycles. The van der Waals surface area contributed by atoms with Crippen molar-refractivity contribution in [1.82, 2.24) is 0 Å². The van der Waals surface area contributed by atoms with Crippen molar-refractivity contribution in [2.75, 3.05) is 17.6 Å². The quantitative estimate of drug-likeness (QED) is 0.742. The van der Waals surface area contributed by atoms with Gasteiger partial charge in [0.1, 0.15) is 0 Å². The van der Waals surface area contributed by atoms with Gasteiger partial charge in [-0.1, -0.05) is 18.9 Å². The molecule has 1 aromatic rings. The summed E-state index contributed by atoms with van der Waals surface area (Å²) in [6.07, 6.45) is 5.54. The van der Waals surface area contributed by atoms with Gasteiger partial charge < -0.3 is 11.1 Å². The molecule has 0 bridgehead atoms. The van der Waals surface area contributed by atoms with E-state index in [0.717, 1.165) is 23.8 Å². The Balaban J connectivity index is 1.94. The monoisotopic (exact) mass is 204 g/mol. The van der Waals surface area contributed by atoms with Gasteiger partial charge in [-0.2, -0.15) is 0 Å². The summed E-state index contributed by atoms with van der Waals surface area (Å²) < 4.78 is 0. The average Bonchev–Trinajstić information content (AvgIpc) is 2.72. The van der Waals surface area contributed by atoms with Gasteiger partial charge in [-0.05, 0) is 43.4 Å². The Morgan fingerprint density at radius 2 is 2.07 bits per heavy atom. The topological polar surface area (TPSA) is 38.0 Å². The summed E-state index contributed by atoms with van der Waals surface area (Å²) in [5, 5.41) is 3.47. The molecule has 0 saturated heterocycles. The molecule has 2 nitrogen and oxygen atoms in total. The summed E-state index contributed by atoms with van der Waals surface area (Å²) in [5.74, 6) is 0.852. The van der Waals surface area contributed by atoms with Crippen molar-refractivity contribution in [3.05, 3.63) is 23.8 Å². The van der Waals surface area contributed by atoms with Gasteiger partial charge in [0, 0.05) is 6.54 Å². The van der Waals surface area contributed by atoms with Crippen LogP contribution in [0, 0.1) is 12.8 Å². The lowest BCUT2D eigenvalue weighted by atomic mass is 10.1. The van der Waals surface area contributed by atoms with Gasteiger partial charge in [-0.3, -0.25) is 0 Å². The molecule has 15 heavy (non-hydrogen) atoms. The normalized spacial score (nSPS) is 16.9. The highest BCUT2D eigenvalue weighted by molar-refractivity contribution is 5.66. The molecule has 82 valence electrons. The molecule has 1 aromatic carbocycles. The lowest BCUT2D eigenvalue weighted by molar-refractivity contribution is 0.580. The number of benzene rings is 1. The summed E-state index contributed by atoms with van der Waals surface area (Å²) in [6.45, 7) is 3.17. The number of rotatable bonds is 3. The Morgan fingerprint density at radius 1 is 1.33 bits per heavy atom. The number of hydrogen-bond acceptors (Lipinski definition) is 2. The van der Waals surface area contributed by atoms with E-state index >= 15 is 0 Å². The minimum absolute atomic E-state index is 0.852. The van der Waals surface area contributed by atoms with Gasteiger partial charge in [0.15, 0.2) is 0 Å². The van der Waals surface area contributed by atoms with Crippen molar-refractivity contribution in [3.63, 3.8) is 0 Å². The minimum Gasteiger partial charge on any atom is -0.397 e. The van der Waals surface area contributed by atoms with Gasteiger partial charge in [0.25, 0.3) is 0 Å². The molecule has 2 heteroatoms. The number of nitrogens with one attached hydrogen (secondary N) is 1. The van der Waals surface area contributed by atoms with Crippen molar-refractivity contribution in [2.24, 2.45) is 5.92 Å². The fourth-order valence-electron chi connectivity index (χ4n) is 2.29. The van der Waals surface area contributed by atoms with Crippen LogP contribution in [0.15, 0.2) is 18.2 Å². The first-order valence-corrected chi connectivity index (χ1v) is 5.86. The molecule has 3 N–H and O–H groups in total. The molecule has 0 spiro atoms. The van der Waals surface area contributed by atoms with E-state index in [1.165, 1.54) is 31.2 Å². The molecular formula is C13H20N2. The summed E-state index contributed by atoms with van der Waals surface area (Å²) in [4.78, 5) is 0. The third-order valence-corrected chi connectivity index (χ3v) is 3.26. The van der Waals surface area contributed by atoms with Gasteiger partial charge in [0.2, 0.25) is 0 Å². The molecule has 0 heterocycles. The highest BCUT2D eigenvalue weighted by Gasteiger charge is 2.14. The molecular weight excluding hydrogens is 184 g/mol. The molecule has 1 aliphatic carbocycles. The van der Waals surface area contributed by atoms with E-state index in [9.17, 15) is 0 Å². The van der Waals surface area contributed by atoms with Crippen molar-refractivity contribution >= 4 is 11.4 Å². The number of nitrogen functional groups attached to an aromatic ring is 1.